The second-order valence-electron chi connectivity index (χ2n) is 3.17. The number of carbonyl (C=O) groups is 1. The van der Waals surface area contributed by atoms with Crippen LogP contribution in [0, 0.1) is 10.1 Å². The van der Waals surface area contributed by atoms with Crippen LogP contribution < -0.4 is 5.32 Å². The molecule has 1 heterocycles. The summed E-state index contributed by atoms with van der Waals surface area (Å²) in [7, 11) is 0. The Balaban J connectivity index is 2.82. The maximum Gasteiger partial charge on any atom is 0.319 e. The van der Waals surface area contributed by atoms with Crippen molar-refractivity contribution in [2.75, 3.05) is 0 Å². The molecule has 0 bridgehead atoms. The molecule has 0 radical (unpaired) electrons. The van der Waals surface area contributed by atoms with Crippen molar-refractivity contribution < 1.29 is 9.72 Å². The third-order valence-corrected chi connectivity index (χ3v) is 2.03. The minimum absolute atomic E-state index is 0.0274. The lowest BCUT2D eigenvalue weighted by Gasteiger charge is -2.09. The lowest BCUT2D eigenvalue weighted by Crippen LogP contribution is -2.32. The van der Waals surface area contributed by atoms with Crippen LogP contribution in [0.5, 0.6) is 0 Å². The first-order valence-electron chi connectivity index (χ1n) is 4.54. The third kappa shape index (κ3) is 2.52. The molecule has 1 aromatic rings. The van der Waals surface area contributed by atoms with E-state index in [9.17, 15) is 14.9 Å². The molecule has 1 amide bonds. The molecule has 0 aliphatic rings. The van der Waals surface area contributed by atoms with Gasteiger partial charge in [-0.25, -0.2) is 0 Å². The molecule has 1 atom stereocenters. The maximum absolute atomic E-state index is 11.5. The number of H-pyrrole nitrogens is 1. The average Bonchev–Trinajstić information content (AvgIpc) is 2.65. The molecule has 7 heteroatoms. The summed E-state index contributed by atoms with van der Waals surface area (Å²) in [5, 5.41) is 18.9. The number of aromatic nitrogens is 2. The quantitative estimate of drug-likeness (QED) is 0.570. The van der Waals surface area contributed by atoms with Crippen LogP contribution >= 0.6 is 0 Å². The van der Waals surface area contributed by atoms with E-state index in [2.05, 4.69) is 15.5 Å². The van der Waals surface area contributed by atoms with Gasteiger partial charge in [-0.3, -0.25) is 20.0 Å². The average molecular weight is 212 g/mol. The Bertz CT molecular complexity index is 374. The first kappa shape index (κ1) is 11.2. The zero-order valence-electron chi connectivity index (χ0n) is 8.48. The van der Waals surface area contributed by atoms with Crippen LogP contribution in [-0.4, -0.2) is 27.1 Å². The van der Waals surface area contributed by atoms with Crippen LogP contribution in [0.15, 0.2) is 6.20 Å². The summed E-state index contributed by atoms with van der Waals surface area (Å²) in [4.78, 5) is 21.4. The molecule has 1 aromatic heterocycles. The molecule has 1 rings (SSSR count). The molecule has 1 unspecified atom stereocenters. The molecule has 0 spiro atoms. The van der Waals surface area contributed by atoms with Crippen LogP contribution in [0.1, 0.15) is 30.8 Å². The van der Waals surface area contributed by atoms with Gasteiger partial charge in [-0.2, -0.15) is 5.10 Å². The van der Waals surface area contributed by atoms with E-state index in [4.69, 9.17) is 0 Å². The lowest BCUT2D eigenvalue weighted by atomic mass is 10.2. The van der Waals surface area contributed by atoms with Crippen LogP contribution in [0.3, 0.4) is 0 Å². The van der Waals surface area contributed by atoms with Gasteiger partial charge in [0, 0.05) is 6.04 Å². The summed E-state index contributed by atoms with van der Waals surface area (Å²) in [6.07, 6.45) is 1.78. The molecule has 0 saturated heterocycles. The SMILES string of the molecule is CCC(C)NC(=O)c1[nH]ncc1[N+](=O)[O-]. The van der Waals surface area contributed by atoms with Crippen molar-refractivity contribution >= 4 is 11.6 Å². The summed E-state index contributed by atoms with van der Waals surface area (Å²) in [5.41, 5.74) is -0.420. The fraction of sp³-hybridized carbons (Fsp3) is 0.500. The Hall–Kier alpha value is -1.92. The van der Waals surface area contributed by atoms with Gasteiger partial charge < -0.3 is 5.32 Å². The van der Waals surface area contributed by atoms with Gasteiger partial charge in [-0.1, -0.05) is 6.92 Å². The van der Waals surface area contributed by atoms with E-state index >= 15 is 0 Å². The second kappa shape index (κ2) is 4.54. The van der Waals surface area contributed by atoms with Crippen molar-refractivity contribution in [2.24, 2.45) is 0 Å². The highest BCUT2D eigenvalue weighted by Gasteiger charge is 2.23. The van der Waals surface area contributed by atoms with Gasteiger partial charge in [0.2, 0.25) is 5.69 Å². The van der Waals surface area contributed by atoms with E-state index in [1.54, 1.807) is 0 Å². The van der Waals surface area contributed by atoms with Gasteiger partial charge in [0.25, 0.3) is 5.91 Å². The van der Waals surface area contributed by atoms with Gasteiger partial charge in [-0.05, 0) is 13.3 Å². The third-order valence-electron chi connectivity index (χ3n) is 2.03. The van der Waals surface area contributed by atoms with Crippen molar-refractivity contribution in [1.82, 2.24) is 15.5 Å². The molecule has 0 aliphatic carbocycles. The Kier molecular flexibility index (Phi) is 3.37. The largest absolute Gasteiger partial charge is 0.348 e. The monoisotopic (exact) mass is 212 g/mol. The number of amides is 1. The summed E-state index contributed by atoms with van der Waals surface area (Å²) in [6, 6.07) is -0.0274. The Morgan fingerprint density at radius 3 is 3.00 bits per heavy atom. The van der Waals surface area contributed by atoms with Crippen molar-refractivity contribution in [1.29, 1.82) is 0 Å². The number of hydrogen-bond donors (Lipinski definition) is 2. The highest BCUT2D eigenvalue weighted by atomic mass is 16.6. The summed E-state index contributed by atoms with van der Waals surface area (Å²) in [6.45, 7) is 3.73. The number of hydrogen-bond acceptors (Lipinski definition) is 4. The molecule has 0 fully saturated rings. The number of nitrogens with zero attached hydrogens (tertiary/aromatic N) is 2. The Morgan fingerprint density at radius 2 is 2.47 bits per heavy atom. The number of nitro groups is 1. The number of carbonyl (C=O) groups excluding carboxylic acids is 1. The second-order valence-corrected chi connectivity index (χ2v) is 3.17. The van der Waals surface area contributed by atoms with Gasteiger partial charge >= 0.3 is 5.69 Å². The van der Waals surface area contributed by atoms with E-state index in [-0.39, 0.29) is 17.4 Å². The molecule has 2 N–H and O–H groups in total. The zero-order chi connectivity index (χ0) is 11.4. The van der Waals surface area contributed by atoms with Crippen molar-refractivity contribution in [3.05, 3.63) is 22.0 Å². The van der Waals surface area contributed by atoms with Crippen LogP contribution in [-0.2, 0) is 0 Å². The van der Waals surface area contributed by atoms with E-state index < -0.39 is 10.8 Å². The highest BCUT2D eigenvalue weighted by Crippen LogP contribution is 2.14. The highest BCUT2D eigenvalue weighted by molar-refractivity contribution is 5.96. The first-order valence-corrected chi connectivity index (χ1v) is 4.54. The van der Waals surface area contributed by atoms with E-state index in [0.29, 0.717) is 0 Å². The number of aromatic amines is 1. The zero-order valence-corrected chi connectivity index (χ0v) is 8.48. The summed E-state index contributed by atoms with van der Waals surface area (Å²) >= 11 is 0. The first-order chi connectivity index (χ1) is 7.06. The predicted octanol–water partition coefficient (Wildman–Crippen LogP) is 0.846. The normalized spacial score (nSPS) is 12.1. The van der Waals surface area contributed by atoms with Crippen molar-refractivity contribution in [2.45, 2.75) is 26.3 Å². The molecule has 0 saturated carbocycles. The minimum atomic E-state index is -0.644. The van der Waals surface area contributed by atoms with Gasteiger partial charge in [0.05, 0.1) is 4.92 Å². The standard InChI is InChI=1S/C8H12N4O3/c1-3-5(2)10-8(13)7-6(12(14)15)4-9-11-7/h4-5H,3H2,1-2H3,(H,9,11)(H,10,13). The maximum atomic E-state index is 11.5. The molecular weight excluding hydrogens is 200 g/mol. The summed E-state index contributed by atoms with van der Waals surface area (Å²) < 4.78 is 0. The van der Waals surface area contributed by atoms with E-state index in [0.717, 1.165) is 12.6 Å². The number of rotatable bonds is 4. The minimum Gasteiger partial charge on any atom is -0.348 e. The van der Waals surface area contributed by atoms with Crippen LogP contribution in [0.25, 0.3) is 0 Å². The molecule has 0 aromatic carbocycles. The number of nitrogens with one attached hydrogen (secondary N) is 2. The molecule has 15 heavy (non-hydrogen) atoms. The predicted molar refractivity (Wildman–Crippen MR) is 52.5 cm³/mol. The fourth-order valence-corrected chi connectivity index (χ4v) is 0.983. The van der Waals surface area contributed by atoms with Gasteiger partial charge in [0.15, 0.2) is 0 Å². The molecule has 82 valence electrons. The Labute approximate surface area is 86.0 Å². The van der Waals surface area contributed by atoms with Crippen LogP contribution in [0.4, 0.5) is 5.69 Å². The van der Waals surface area contributed by atoms with E-state index in [1.807, 2.05) is 13.8 Å². The molecular formula is C8H12N4O3. The van der Waals surface area contributed by atoms with Crippen LogP contribution in [0.2, 0.25) is 0 Å². The molecule has 7 nitrogen and oxygen atoms in total. The lowest BCUT2D eigenvalue weighted by molar-refractivity contribution is -0.385. The summed E-state index contributed by atoms with van der Waals surface area (Å²) in [5.74, 6) is -0.506. The Morgan fingerprint density at radius 1 is 1.80 bits per heavy atom. The molecule has 0 aliphatic heterocycles. The van der Waals surface area contributed by atoms with Crippen molar-refractivity contribution in [3.8, 4) is 0 Å². The van der Waals surface area contributed by atoms with E-state index in [1.165, 1.54) is 0 Å². The van der Waals surface area contributed by atoms with Gasteiger partial charge in [-0.15, -0.1) is 0 Å². The van der Waals surface area contributed by atoms with Gasteiger partial charge in [0.1, 0.15) is 6.20 Å². The smallest absolute Gasteiger partial charge is 0.319 e. The van der Waals surface area contributed by atoms with Crippen molar-refractivity contribution in [3.63, 3.8) is 0 Å². The topological polar surface area (TPSA) is 101 Å². The fourth-order valence-electron chi connectivity index (χ4n) is 0.983.